The van der Waals surface area contributed by atoms with Gasteiger partial charge < -0.3 is 15.5 Å². The molecule has 0 aliphatic heterocycles. The average Bonchev–Trinajstić information content (AvgIpc) is 2.69. The first-order chi connectivity index (χ1) is 13.1. The fraction of sp³-hybridized carbons (Fsp3) is 0.0870. The third-order valence-corrected chi connectivity index (χ3v) is 4.70. The van der Waals surface area contributed by atoms with Gasteiger partial charge in [0.15, 0.2) is 0 Å². The molecule has 0 amide bonds. The number of para-hydroxylation sites is 1. The number of aromatic nitrogens is 1. The number of fused-ring (bicyclic) bond motifs is 1. The van der Waals surface area contributed by atoms with Crippen LogP contribution in [0.2, 0.25) is 0 Å². The van der Waals surface area contributed by atoms with Gasteiger partial charge in [0.2, 0.25) is 0 Å². The van der Waals surface area contributed by atoms with Gasteiger partial charge in [0.1, 0.15) is 17.0 Å². The highest BCUT2D eigenvalue weighted by Gasteiger charge is 2.22. The van der Waals surface area contributed by atoms with E-state index in [-0.39, 0.29) is 11.5 Å². The summed E-state index contributed by atoms with van der Waals surface area (Å²) in [5.41, 5.74) is 3.94. The molecule has 0 aliphatic carbocycles. The monoisotopic (exact) mass is 356 g/mol. The van der Waals surface area contributed by atoms with Crippen LogP contribution in [0.15, 0.2) is 79.0 Å². The van der Waals surface area contributed by atoms with Crippen molar-refractivity contribution in [2.24, 2.45) is 0 Å². The number of anilines is 1. The van der Waals surface area contributed by atoms with Gasteiger partial charge in [-0.05, 0) is 31.2 Å². The molecule has 1 aromatic heterocycles. The Bertz CT molecular complexity index is 1090. The minimum Gasteiger partial charge on any atom is -0.508 e. The molecule has 4 rings (SSSR count). The van der Waals surface area contributed by atoms with Crippen LogP contribution in [0.1, 0.15) is 22.7 Å². The summed E-state index contributed by atoms with van der Waals surface area (Å²) in [5, 5.41) is 25.6. The lowest BCUT2D eigenvalue weighted by Gasteiger charge is -2.23. The molecular formula is C23H20N2O2. The number of hydrogen-bond acceptors (Lipinski definition) is 4. The van der Waals surface area contributed by atoms with Crippen molar-refractivity contribution >= 4 is 16.6 Å². The van der Waals surface area contributed by atoms with Crippen molar-refractivity contribution in [3.8, 4) is 11.5 Å². The molecule has 1 heterocycles. The number of pyridine rings is 1. The van der Waals surface area contributed by atoms with Gasteiger partial charge in [-0.1, -0.05) is 54.1 Å². The number of phenols is 2. The Morgan fingerprint density at radius 2 is 1.59 bits per heavy atom. The number of aromatic hydroxyl groups is 2. The van der Waals surface area contributed by atoms with Gasteiger partial charge in [-0.25, -0.2) is 0 Å². The number of hydrogen-bond donors (Lipinski definition) is 3. The van der Waals surface area contributed by atoms with Gasteiger partial charge in [-0.3, -0.25) is 4.98 Å². The summed E-state index contributed by atoms with van der Waals surface area (Å²) in [6.45, 7) is 2.03. The number of nitrogens with zero attached hydrogens (tertiary/aromatic N) is 1. The number of benzene rings is 3. The highest BCUT2D eigenvalue weighted by molar-refractivity contribution is 5.86. The highest BCUT2D eigenvalue weighted by atomic mass is 16.3. The first kappa shape index (κ1) is 16.9. The number of aryl methyl sites for hydroxylation is 1. The summed E-state index contributed by atoms with van der Waals surface area (Å²) < 4.78 is 0. The van der Waals surface area contributed by atoms with Crippen LogP contribution in [0.3, 0.4) is 0 Å². The average molecular weight is 356 g/mol. The summed E-state index contributed by atoms with van der Waals surface area (Å²) in [6.07, 6.45) is 1.66. The molecule has 3 N–H and O–H groups in total. The van der Waals surface area contributed by atoms with Gasteiger partial charge in [0.25, 0.3) is 0 Å². The Morgan fingerprint density at radius 1 is 0.815 bits per heavy atom. The van der Waals surface area contributed by atoms with Crippen LogP contribution in [0.25, 0.3) is 10.9 Å². The highest BCUT2D eigenvalue weighted by Crippen LogP contribution is 2.39. The predicted molar refractivity (Wildman–Crippen MR) is 108 cm³/mol. The zero-order valence-electron chi connectivity index (χ0n) is 14.9. The second kappa shape index (κ2) is 7.00. The van der Waals surface area contributed by atoms with E-state index in [0.29, 0.717) is 16.6 Å². The van der Waals surface area contributed by atoms with Crippen LogP contribution in [-0.2, 0) is 0 Å². The van der Waals surface area contributed by atoms with Gasteiger partial charge >= 0.3 is 0 Å². The first-order valence-electron chi connectivity index (χ1n) is 8.81. The quantitative estimate of drug-likeness (QED) is 0.473. The lowest BCUT2D eigenvalue weighted by Crippen LogP contribution is -2.13. The lowest BCUT2D eigenvalue weighted by molar-refractivity contribution is 0.460. The van der Waals surface area contributed by atoms with Gasteiger partial charge in [-0.2, -0.15) is 0 Å². The van der Waals surface area contributed by atoms with Crippen LogP contribution in [-0.4, -0.2) is 15.2 Å². The van der Waals surface area contributed by atoms with Crippen molar-refractivity contribution in [2.75, 3.05) is 5.32 Å². The van der Waals surface area contributed by atoms with E-state index in [1.807, 2.05) is 67.6 Å². The van der Waals surface area contributed by atoms with E-state index < -0.39 is 6.04 Å². The van der Waals surface area contributed by atoms with Crippen molar-refractivity contribution in [1.82, 2.24) is 4.98 Å². The Morgan fingerprint density at radius 3 is 2.37 bits per heavy atom. The Hall–Kier alpha value is -3.53. The summed E-state index contributed by atoms with van der Waals surface area (Å²) >= 11 is 0. The third kappa shape index (κ3) is 3.29. The summed E-state index contributed by atoms with van der Waals surface area (Å²) in [6, 6.07) is 22.3. The SMILES string of the molecule is Cc1ccc(NC(c2ccccc2O)c2ccc3cccnc3c2O)cc1. The van der Waals surface area contributed by atoms with Gasteiger partial charge in [-0.15, -0.1) is 0 Å². The third-order valence-electron chi connectivity index (χ3n) is 4.70. The molecule has 0 bridgehead atoms. The molecule has 0 saturated carbocycles. The van der Waals surface area contributed by atoms with Crippen molar-refractivity contribution in [1.29, 1.82) is 0 Å². The zero-order chi connectivity index (χ0) is 18.8. The molecule has 1 atom stereocenters. The van der Waals surface area contributed by atoms with Crippen molar-refractivity contribution in [3.63, 3.8) is 0 Å². The standard InChI is InChI=1S/C23H20N2O2/c1-15-8-11-17(12-9-15)25-22(18-6-2-3-7-20(18)26)19-13-10-16-5-4-14-24-21(16)23(19)27/h2-14,22,25-27H,1H3. The van der Waals surface area contributed by atoms with E-state index in [0.717, 1.165) is 16.6 Å². The first-order valence-corrected chi connectivity index (χ1v) is 8.81. The van der Waals surface area contributed by atoms with Crippen LogP contribution in [0.4, 0.5) is 5.69 Å². The van der Waals surface area contributed by atoms with Crippen LogP contribution in [0, 0.1) is 6.92 Å². The summed E-state index contributed by atoms with van der Waals surface area (Å²) in [4.78, 5) is 4.32. The van der Waals surface area contributed by atoms with Crippen LogP contribution >= 0.6 is 0 Å². The number of phenolic OH excluding ortho intramolecular Hbond substituents is 2. The van der Waals surface area contributed by atoms with E-state index in [1.54, 1.807) is 18.3 Å². The molecule has 0 fully saturated rings. The second-order valence-corrected chi connectivity index (χ2v) is 6.58. The maximum absolute atomic E-state index is 10.9. The van der Waals surface area contributed by atoms with Crippen molar-refractivity contribution in [3.05, 3.63) is 95.7 Å². The Balaban J connectivity index is 1.86. The molecule has 0 radical (unpaired) electrons. The normalized spacial score (nSPS) is 12.0. The molecule has 4 nitrogen and oxygen atoms in total. The fourth-order valence-corrected chi connectivity index (χ4v) is 3.25. The summed E-state index contributed by atoms with van der Waals surface area (Å²) in [5.74, 6) is 0.281. The zero-order valence-corrected chi connectivity index (χ0v) is 14.9. The van der Waals surface area contributed by atoms with E-state index in [1.165, 1.54) is 0 Å². The minimum atomic E-state index is -0.430. The predicted octanol–water partition coefficient (Wildman–Crippen LogP) is 5.16. The topological polar surface area (TPSA) is 65.4 Å². The summed E-state index contributed by atoms with van der Waals surface area (Å²) in [7, 11) is 0. The van der Waals surface area contributed by atoms with Gasteiger partial charge in [0, 0.05) is 28.4 Å². The van der Waals surface area contributed by atoms with E-state index in [9.17, 15) is 10.2 Å². The van der Waals surface area contributed by atoms with Gasteiger partial charge in [0.05, 0.1) is 6.04 Å². The van der Waals surface area contributed by atoms with E-state index in [4.69, 9.17) is 0 Å². The largest absolute Gasteiger partial charge is 0.508 e. The molecular weight excluding hydrogens is 336 g/mol. The van der Waals surface area contributed by atoms with Crippen LogP contribution in [0.5, 0.6) is 11.5 Å². The lowest BCUT2D eigenvalue weighted by atomic mass is 9.95. The van der Waals surface area contributed by atoms with E-state index in [2.05, 4.69) is 10.3 Å². The number of rotatable bonds is 4. The number of nitrogens with one attached hydrogen (secondary N) is 1. The molecule has 4 aromatic rings. The molecule has 4 heteroatoms. The minimum absolute atomic E-state index is 0.112. The molecule has 3 aromatic carbocycles. The Kier molecular flexibility index (Phi) is 4.38. The molecule has 134 valence electrons. The molecule has 0 spiro atoms. The van der Waals surface area contributed by atoms with E-state index >= 15 is 0 Å². The van der Waals surface area contributed by atoms with Crippen LogP contribution < -0.4 is 5.32 Å². The maximum Gasteiger partial charge on any atom is 0.147 e. The fourth-order valence-electron chi connectivity index (χ4n) is 3.25. The van der Waals surface area contributed by atoms with Crippen molar-refractivity contribution < 1.29 is 10.2 Å². The second-order valence-electron chi connectivity index (χ2n) is 6.58. The maximum atomic E-state index is 10.9. The molecule has 27 heavy (non-hydrogen) atoms. The smallest absolute Gasteiger partial charge is 0.147 e. The molecule has 0 aliphatic rings. The molecule has 0 saturated heterocycles. The molecule has 1 unspecified atom stereocenters. The van der Waals surface area contributed by atoms with Crippen molar-refractivity contribution in [2.45, 2.75) is 13.0 Å². The Labute approximate surface area is 157 Å².